The molecule has 0 radical (unpaired) electrons. The number of carbonyl (C=O) groups is 1. The molecular formula is C19H22N2O3S. The van der Waals surface area contributed by atoms with Crippen molar-refractivity contribution in [3.05, 3.63) is 54.1 Å². The molecule has 2 aromatic rings. The Morgan fingerprint density at radius 3 is 2.64 bits per heavy atom. The standard InChI is InChI=1S/C19H22N2O3S/c22-19(20-9-4-12-25-16-5-2-1-3-6-16)21-14-15-7-8-17-18(13-15)24-11-10-23-17/h1-3,5-8,13H,4,9-12,14H2,(H2,20,21,22). The molecule has 2 aromatic carbocycles. The minimum Gasteiger partial charge on any atom is -0.486 e. The van der Waals surface area contributed by atoms with E-state index < -0.39 is 0 Å². The van der Waals surface area contributed by atoms with Gasteiger partial charge >= 0.3 is 6.03 Å². The van der Waals surface area contributed by atoms with E-state index in [0.717, 1.165) is 29.2 Å². The Morgan fingerprint density at radius 1 is 1.00 bits per heavy atom. The van der Waals surface area contributed by atoms with Gasteiger partial charge in [0.15, 0.2) is 11.5 Å². The van der Waals surface area contributed by atoms with E-state index in [1.54, 1.807) is 11.8 Å². The normalized spacial score (nSPS) is 12.5. The molecule has 0 atom stereocenters. The van der Waals surface area contributed by atoms with Gasteiger partial charge in [-0.2, -0.15) is 0 Å². The van der Waals surface area contributed by atoms with Gasteiger partial charge in [-0.05, 0) is 42.0 Å². The highest BCUT2D eigenvalue weighted by Gasteiger charge is 2.11. The molecule has 3 rings (SSSR count). The SMILES string of the molecule is O=C(NCCCSc1ccccc1)NCc1ccc2c(c1)OCCO2. The molecule has 1 aliphatic rings. The zero-order valence-electron chi connectivity index (χ0n) is 14.0. The summed E-state index contributed by atoms with van der Waals surface area (Å²) in [6.07, 6.45) is 0.928. The van der Waals surface area contributed by atoms with E-state index in [9.17, 15) is 4.79 Å². The van der Waals surface area contributed by atoms with Gasteiger partial charge in [0.25, 0.3) is 0 Å². The van der Waals surface area contributed by atoms with Gasteiger partial charge in [-0.25, -0.2) is 4.79 Å². The van der Waals surface area contributed by atoms with Crippen molar-refractivity contribution in [2.75, 3.05) is 25.5 Å². The van der Waals surface area contributed by atoms with E-state index in [4.69, 9.17) is 9.47 Å². The fourth-order valence-corrected chi connectivity index (χ4v) is 3.30. The number of rotatable bonds is 7. The van der Waals surface area contributed by atoms with E-state index >= 15 is 0 Å². The number of amides is 2. The van der Waals surface area contributed by atoms with Crippen molar-refractivity contribution in [3.8, 4) is 11.5 Å². The molecule has 25 heavy (non-hydrogen) atoms. The summed E-state index contributed by atoms with van der Waals surface area (Å²) in [5.74, 6) is 2.48. The molecule has 0 spiro atoms. The Hall–Kier alpha value is -2.34. The Kier molecular flexibility index (Phi) is 6.45. The zero-order chi connectivity index (χ0) is 17.3. The second kappa shape index (κ2) is 9.22. The minimum absolute atomic E-state index is 0.153. The predicted molar refractivity (Wildman–Crippen MR) is 99.5 cm³/mol. The van der Waals surface area contributed by atoms with Gasteiger partial charge in [0.1, 0.15) is 13.2 Å². The lowest BCUT2D eigenvalue weighted by Crippen LogP contribution is -2.35. The lowest BCUT2D eigenvalue weighted by Gasteiger charge is -2.19. The number of carbonyl (C=O) groups excluding carboxylic acids is 1. The molecule has 2 N–H and O–H groups in total. The van der Waals surface area contributed by atoms with E-state index in [1.165, 1.54) is 4.90 Å². The average molecular weight is 358 g/mol. The van der Waals surface area contributed by atoms with Crippen molar-refractivity contribution >= 4 is 17.8 Å². The van der Waals surface area contributed by atoms with Gasteiger partial charge in [-0.1, -0.05) is 24.3 Å². The molecule has 0 aliphatic carbocycles. The van der Waals surface area contributed by atoms with Crippen LogP contribution < -0.4 is 20.1 Å². The van der Waals surface area contributed by atoms with Crippen LogP contribution in [0.5, 0.6) is 11.5 Å². The third-order valence-corrected chi connectivity index (χ3v) is 4.78. The van der Waals surface area contributed by atoms with E-state index in [1.807, 2.05) is 36.4 Å². The average Bonchev–Trinajstić information content (AvgIpc) is 2.67. The number of nitrogens with one attached hydrogen (secondary N) is 2. The van der Waals surface area contributed by atoms with Crippen LogP contribution in [0.25, 0.3) is 0 Å². The summed E-state index contributed by atoms with van der Waals surface area (Å²) >= 11 is 1.80. The minimum atomic E-state index is -0.153. The number of hydrogen-bond donors (Lipinski definition) is 2. The van der Waals surface area contributed by atoms with Crippen LogP contribution in [-0.4, -0.2) is 31.5 Å². The molecule has 0 fully saturated rings. The Labute approximate surface area is 152 Å². The Morgan fingerprint density at radius 2 is 1.80 bits per heavy atom. The molecule has 0 saturated heterocycles. The maximum atomic E-state index is 11.9. The first-order valence-corrected chi connectivity index (χ1v) is 9.38. The fourth-order valence-electron chi connectivity index (χ4n) is 2.42. The summed E-state index contributed by atoms with van der Waals surface area (Å²) in [5.41, 5.74) is 0.985. The second-order valence-electron chi connectivity index (χ2n) is 5.60. The summed E-state index contributed by atoms with van der Waals surface area (Å²) in [4.78, 5) is 13.1. The molecule has 1 aliphatic heterocycles. The molecule has 1 heterocycles. The lowest BCUT2D eigenvalue weighted by molar-refractivity contribution is 0.171. The molecule has 0 bridgehead atoms. The number of benzene rings is 2. The van der Waals surface area contributed by atoms with Crippen LogP contribution in [0.2, 0.25) is 0 Å². The van der Waals surface area contributed by atoms with Gasteiger partial charge in [-0.15, -0.1) is 11.8 Å². The highest BCUT2D eigenvalue weighted by molar-refractivity contribution is 7.99. The number of urea groups is 1. The van der Waals surface area contributed by atoms with Crippen LogP contribution >= 0.6 is 11.8 Å². The van der Waals surface area contributed by atoms with Gasteiger partial charge < -0.3 is 20.1 Å². The smallest absolute Gasteiger partial charge is 0.315 e. The maximum absolute atomic E-state index is 11.9. The number of hydrogen-bond acceptors (Lipinski definition) is 4. The van der Waals surface area contributed by atoms with E-state index in [2.05, 4.69) is 22.8 Å². The van der Waals surface area contributed by atoms with E-state index in [0.29, 0.717) is 26.3 Å². The summed E-state index contributed by atoms with van der Waals surface area (Å²) in [7, 11) is 0. The third-order valence-electron chi connectivity index (χ3n) is 3.68. The van der Waals surface area contributed by atoms with Crippen molar-refractivity contribution < 1.29 is 14.3 Å². The summed E-state index contributed by atoms with van der Waals surface area (Å²) in [6.45, 7) is 2.26. The molecule has 5 nitrogen and oxygen atoms in total. The number of thioether (sulfide) groups is 1. The third kappa shape index (κ3) is 5.60. The predicted octanol–water partition coefficient (Wildman–Crippen LogP) is 3.44. The van der Waals surface area contributed by atoms with Crippen LogP contribution in [0.4, 0.5) is 4.79 Å². The molecule has 0 saturated carbocycles. The van der Waals surface area contributed by atoms with Crippen molar-refractivity contribution in [3.63, 3.8) is 0 Å². The van der Waals surface area contributed by atoms with Crippen LogP contribution in [0.1, 0.15) is 12.0 Å². The van der Waals surface area contributed by atoms with Crippen LogP contribution in [0, 0.1) is 0 Å². The van der Waals surface area contributed by atoms with Gasteiger partial charge in [0, 0.05) is 18.0 Å². The molecule has 0 aromatic heterocycles. The van der Waals surface area contributed by atoms with Crippen LogP contribution in [-0.2, 0) is 6.54 Å². The second-order valence-corrected chi connectivity index (χ2v) is 6.77. The maximum Gasteiger partial charge on any atom is 0.315 e. The van der Waals surface area contributed by atoms with Gasteiger partial charge in [-0.3, -0.25) is 0 Å². The van der Waals surface area contributed by atoms with Crippen molar-refractivity contribution in [1.29, 1.82) is 0 Å². The van der Waals surface area contributed by atoms with Crippen LogP contribution in [0.3, 0.4) is 0 Å². The zero-order valence-corrected chi connectivity index (χ0v) is 14.8. The quantitative estimate of drug-likeness (QED) is 0.588. The Balaban J connectivity index is 1.31. The monoisotopic (exact) mass is 358 g/mol. The number of ether oxygens (including phenoxy) is 2. The van der Waals surface area contributed by atoms with Crippen LogP contribution in [0.15, 0.2) is 53.4 Å². The first-order chi connectivity index (χ1) is 12.3. The first-order valence-electron chi connectivity index (χ1n) is 8.39. The van der Waals surface area contributed by atoms with E-state index in [-0.39, 0.29) is 6.03 Å². The molecular weight excluding hydrogens is 336 g/mol. The Bertz CT molecular complexity index is 694. The van der Waals surface area contributed by atoms with Crippen molar-refractivity contribution in [2.45, 2.75) is 17.9 Å². The summed E-state index contributed by atoms with van der Waals surface area (Å²) in [6, 6.07) is 15.8. The highest BCUT2D eigenvalue weighted by atomic mass is 32.2. The van der Waals surface area contributed by atoms with Gasteiger partial charge in [0.2, 0.25) is 0 Å². The summed E-state index contributed by atoms with van der Waals surface area (Å²) < 4.78 is 11.0. The topological polar surface area (TPSA) is 59.6 Å². The van der Waals surface area contributed by atoms with Crippen molar-refractivity contribution in [2.24, 2.45) is 0 Å². The van der Waals surface area contributed by atoms with Gasteiger partial charge in [0.05, 0.1) is 0 Å². The highest BCUT2D eigenvalue weighted by Crippen LogP contribution is 2.30. The molecule has 2 amide bonds. The lowest BCUT2D eigenvalue weighted by atomic mass is 10.2. The first kappa shape index (κ1) is 17.5. The fraction of sp³-hybridized carbons (Fsp3) is 0.316. The van der Waals surface area contributed by atoms with Crippen molar-refractivity contribution in [1.82, 2.24) is 10.6 Å². The molecule has 6 heteroatoms. The number of fused-ring (bicyclic) bond motifs is 1. The molecule has 0 unspecified atom stereocenters. The molecule has 132 valence electrons. The largest absolute Gasteiger partial charge is 0.486 e. The summed E-state index contributed by atoms with van der Waals surface area (Å²) in [5, 5.41) is 5.74.